The molecule has 0 saturated heterocycles. The van der Waals surface area contributed by atoms with Crippen LogP contribution in [0.1, 0.15) is 18.4 Å². The Hall–Kier alpha value is -0.470. The largest absolute Gasteiger partial charge is 0.392 e. The smallest absolute Gasteiger partial charge is 0.0682 e. The summed E-state index contributed by atoms with van der Waals surface area (Å²) in [6.45, 7) is 0.152. The van der Waals surface area contributed by atoms with Crippen molar-refractivity contribution in [2.24, 2.45) is 0 Å². The molecule has 0 spiro atoms. The lowest BCUT2D eigenvalue weighted by Gasteiger charge is -2.00. The van der Waals surface area contributed by atoms with Gasteiger partial charge in [-0.05, 0) is 30.5 Å². The van der Waals surface area contributed by atoms with E-state index in [4.69, 9.17) is 5.11 Å². The summed E-state index contributed by atoms with van der Waals surface area (Å²) in [7, 11) is 0. The van der Waals surface area contributed by atoms with Crippen LogP contribution in [-0.4, -0.2) is 10.4 Å². The lowest BCUT2D eigenvalue weighted by atomic mass is 10.2. The average molecular weight is 180 g/mol. The summed E-state index contributed by atoms with van der Waals surface area (Å²) < 4.78 is 0. The van der Waals surface area contributed by atoms with E-state index in [9.17, 15) is 0 Å². The van der Waals surface area contributed by atoms with Crippen molar-refractivity contribution < 1.29 is 5.11 Å². The predicted octanol–water partition coefficient (Wildman–Crippen LogP) is 2.43. The highest BCUT2D eigenvalue weighted by molar-refractivity contribution is 8.00. The molecule has 0 heterocycles. The number of hydrogen-bond acceptors (Lipinski definition) is 2. The number of benzene rings is 1. The molecule has 2 heteroatoms. The topological polar surface area (TPSA) is 20.2 Å². The van der Waals surface area contributed by atoms with E-state index in [0.29, 0.717) is 0 Å². The Kier molecular flexibility index (Phi) is 2.38. The van der Waals surface area contributed by atoms with Crippen molar-refractivity contribution in [2.75, 3.05) is 0 Å². The predicted molar refractivity (Wildman–Crippen MR) is 51.2 cm³/mol. The Labute approximate surface area is 76.8 Å². The van der Waals surface area contributed by atoms with Gasteiger partial charge in [0.2, 0.25) is 0 Å². The van der Waals surface area contributed by atoms with Crippen LogP contribution in [0.15, 0.2) is 29.2 Å². The minimum absolute atomic E-state index is 0.152. The Morgan fingerprint density at radius 1 is 1.42 bits per heavy atom. The number of thioether (sulfide) groups is 1. The molecule has 0 aromatic heterocycles. The van der Waals surface area contributed by atoms with E-state index >= 15 is 0 Å². The van der Waals surface area contributed by atoms with Gasteiger partial charge in [-0.2, -0.15) is 0 Å². The first-order valence-electron chi connectivity index (χ1n) is 4.25. The van der Waals surface area contributed by atoms with Crippen LogP contribution in [0.5, 0.6) is 0 Å². The van der Waals surface area contributed by atoms with Gasteiger partial charge < -0.3 is 5.11 Å². The fraction of sp³-hybridized carbons (Fsp3) is 0.400. The second-order valence-corrected chi connectivity index (χ2v) is 4.50. The molecule has 1 nitrogen and oxygen atoms in total. The molecule has 12 heavy (non-hydrogen) atoms. The van der Waals surface area contributed by atoms with Crippen molar-refractivity contribution in [1.82, 2.24) is 0 Å². The average Bonchev–Trinajstić information content (AvgIpc) is 2.89. The molecule has 0 aliphatic heterocycles. The van der Waals surface area contributed by atoms with Gasteiger partial charge >= 0.3 is 0 Å². The fourth-order valence-corrected chi connectivity index (χ4v) is 2.23. The van der Waals surface area contributed by atoms with Gasteiger partial charge in [0, 0.05) is 10.1 Å². The molecule has 2 rings (SSSR count). The molecule has 64 valence electrons. The van der Waals surface area contributed by atoms with Gasteiger partial charge in [0.15, 0.2) is 0 Å². The van der Waals surface area contributed by atoms with E-state index in [0.717, 1.165) is 10.8 Å². The van der Waals surface area contributed by atoms with Crippen molar-refractivity contribution in [3.63, 3.8) is 0 Å². The highest BCUT2D eigenvalue weighted by Gasteiger charge is 2.22. The van der Waals surface area contributed by atoms with Crippen molar-refractivity contribution in [1.29, 1.82) is 0 Å². The van der Waals surface area contributed by atoms with Gasteiger partial charge in [0.1, 0.15) is 0 Å². The van der Waals surface area contributed by atoms with Gasteiger partial charge in [-0.1, -0.05) is 12.1 Å². The molecule has 1 saturated carbocycles. The zero-order valence-electron chi connectivity index (χ0n) is 6.86. The first-order chi connectivity index (χ1) is 5.88. The highest BCUT2D eigenvalue weighted by Crippen LogP contribution is 2.39. The summed E-state index contributed by atoms with van der Waals surface area (Å²) in [5.41, 5.74) is 1.01. The lowest BCUT2D eigenvalue weighted by molar-refractivity contribution is 0.281. The normalized spacial score (nSPS) is 16.4. The van der Waals surface area contributed by atoms with Crippen LogP contribution in [-0.2, 0) is 6.61 Å². The summed E-state index contributed by atoms with van der Waals surface area (Å²) in [6, 6.07) is 8.15. The van der Waals surface area contributed by atoms with Crippen LogP contribution < -0.4 is 0 Å². The molecule has 0 unspecified atom stereocenters. The molecule has 1 aromatic carbocycles. The second kappa shape index (κ2) is 3.50. The number of aliphatic hydroxyl groups excluding tert-OH is 1. The molecule has 1 N–H and O–H groups in total. The van der Waals surface area contributed by atoms with Crippen LogP contribution in [0, 0.1) is 0 Å². The van der Waals surface area contributed by atoms with Crippen LogP contribution in [0.4, 0.5) is 0 Å². The summed E-state index contributed by atoms with van der Waals surface area (Å²) in [5, 5.41) is 9.75. The number of rotatable bonds is 3. The quantitative estimate of drug-likeness (QED) is 0.771. The van der Waals surface area contributed by atoms with E-state index in [1.807, 2.05) is 23.9 Å². The number of hydrogen-bond donors (Lipinski definition) is 1. The summed E-state index contributed by atoms with van der Waals surface area (Å²) in [6.07, 6.45) is 2.71. The molecular formula is C10H12OS. The van der Waals surface area contributed by atoms with Crippen LogP contribution in [0.25, 0.3) is 0 Å². The standard InChI is InChI=1S/C10H12OS/c11-7-8-2-1-3-10(6-8)12-9-4-5-9/h1-3,6,9,11H,4-5,7H2. The minimum Gasteiger partial charge on any atom is -0.392 e. The summed E-state index contributed by atoms with van der Waals surface area (Å²) >= 11 is 1.93. The molecule has 1 aliphatic rings. The van der Waals surface area contributed by atoms with Crippen LogP contribution in [0.2, 0.25) is 0 Å². The Bertz CT molecular complexity index is 268. The minimum atomic E-state index is 0.152. The Morgan fingerprint density at radius 3 is 2.92 bits per heavy atom. The SMILES string of the molecule is OCc1cccc(SC2CC2)c1. The summed E-state index contributed by atoms with van der Waals surface area (Å²) in [5.74, 6) is 0. The second-order valence-electron chi connectivity index (χ2n) is 3.12. The van der Waals surface area contributed by atoms with Gasteiger partial charge in [0.25, 0.3) is 0 Å². The molecule has 0 amide bonds. The Balaban J connectivity index is 2.08. The van der Waals surface area contributed by atoms with Gasteiger partial charge in [-0.15, -0.1) is 11.8 Å². The molecule has 1 aliphatic carbocycles. The van der Waals surface area contributed by atoms with Crippen molar-refractivity contribution in [3.05, 3.63) is 29.8 Å². The monoisotopic (exact) mass is 180 g/mol. The molecule has 0 atom stereocenters. The van der Waals surface area contributed by atoms with Crippen molar-refractivity contribution >= 4 is 11.8 Å². The molecule has 1 aromatic rings. The maximum Gasteiger partial charge on any atom is 0.0682 e. The Morgan fingerprint density at radius 2 is 2.25 bits per heavy atom. The van der Waals surface area contributed by atoms with Gasteiger partial charge in [-0.25, -0.2) is 0 Å². The first-order valence-corrected chi connectivity index (χ1v) is 5.13. The lowest BCUT2D eigenvalue weighted by Crippen LogP contribution is -1.83. The van der Waals surface area contributed by atoms with Crippen LogP contribution in [0.3, 0.4) is 0 Å². The number of aliphatic hydroxyl groups is 1. The maximum atomic E-state index is 8.90. The third-order valence-corrected chi connectivity index (χ3v) is 3.24. The first kappa shape index (κ1) is 8.14. The van der Waals surface area contributed by atoms with E-state index in [1.54, 1.807) is 0 Å². The van der Waals surface area contributed by atoms with E-state index in [2.05, 4.69) is 12.1 Å². The van der Waals surface area contributed by atoms with Crippen LogP contribution >= 0.6 is 11.8 Å². The third-order valence-electron chi connectivity index (χ3n) is 1.91. The highest BCUT2D eigenvalue weighted by atomic mass is 32.2. The molecular weight excluding hydrogens is 168 g/mol. The van der Waals surface area contributed by atoms with Gasteiger partial charge in [0.05, 0.1) is 6.61 Å². The van der Waals surface area contributed by atoms with Gasteiger partial charge in [-0.3, -0.25) is 0 Å². The zero-order valence-corrected chi connectivity index (χ0v) is 7.68. The molecule has 1 fully saturated rings. The maximum absolute atomic E-state index is 8.90. The van der Waals surface area contributed by atoms with Crippen molar-refractivity contribution in [3.8, 4) is 0 Å². The van der Waals surface area contributed by atoms with E-state index in [1.165, 1.54) is 17.7 Å². The zero-order chi connectivity index (χ0) is 8.39. The third kappa shape index (κ3) is 2.02. The van der Waals surface area contributed by atoms with Crippen molar-refractivity contribution in [2.45, 2.75) is 29.6 Å². The molecule has 0 radical (unpaired) electrons. The van der Waals surface area contributed by atoms with E-state index in [-0.39, 0.29) is 6.61 Å². The fourth-order valence-electron chi connectivity index (χ4n) is 1.10. The molecule has 0 bridgehead atoms. The summed E-state index contributed by atoms with van der Waals surface area (Å²) in [4.78, 5) is 1.30. The van der Waals surface area contributed by atoms with E-state index < -0.39 is 0 Å².